The van der Waals surface area contributed by atoms with Crippen molar-refractivity contribution in [1.29, 1.82) is 0 Å². The van der Waals surface area contributed by atoms with E-state index in [-0.39, 0.29) is 0 Å². The van der Waals surface area contributed by atoms with E-state index in [0.29, 0.717) is 6.04 Å². The van der Waals surface area contributed by atoms with Gasteiger partial charge in [0.1, 0.15) is 5.52 Å². The molecule has 0 radical (unpaired) electrons. The Morgan fingerprint density at radius 2 is 2.35 bits per heavy atom. The average molecular weight is 251 g/mol. The fraction of sp³-hybridized carbons (Fsp3) is 0.417. The highest BCUT2D eigenvalue weighted by molar-refractivity contribution is 7.16. The molecular formula is C12H17N3OS. The van der Waals surface area contributed by atoms with Crippen molar-refractivity contribution in [3.8, 4) is 0 Å². The maximum absolute atomic E-state index is 6.09. The minimum absolute atomic E-state index is 0.327. The van der Waals surface area contributed by atoms with Crippen molar-refractivity contribution < 1.29 is 4.74 Å². The molecule has 1 unspecified atom stereocenters. The van der Waals surface area contributed by atoms with Gasteiger partial charge in [-0.15, -0.1) is 11.3 Å². The van der Waals surface area contributed by atoms with E-state index in [0.717, 1.165) is 34.6 Å². The van der Waals surface area contributed by atoms with Crippen molar-refractivity contribution in [2.45, 2.75) is 19.4 Å². The van der Waals surface area contributed by atoms with Gasteiger partial charge in [-0.1, -0.05) is 0 Å². The van der Waals surface area contributed by atoms with Gasteiger partial charge in [-0.05, 0) is 25.5 Å². The number of hydrogen-bond donors (Lipinski definition) is 2. The number of benzene rings is 1. The Morgan fingerprint density at radius 1 is 1.53 bits per heavy atom. The van der Waals surface area contributed by atoms with Gasteiger partial charge >= 0.3 is 0 Å². The van der Waals surface area contributed by atoms with Crippen LogP contribution in [-0.4, -0.2) is 24.7 Å². The molecule has 4 nitrogen and oxygen atoms in total. The van der Waals surface area contributed by atoms with Crippen molar-refractivity contribution >= 4 is 32.9 Å². The number of fused-ring (bicyclic) bond motifs is 1. The number of nitrogen functional groups attached to an aromatic ring is 1. The fourth-order valence-electron chi connectivity index (χ4n) is 1.71. The Hall–Kier alpha value is -1.33. The number of nitrogens with one attached hydrogen (secondary N) is 1. The third-order valence-corrected chi connectivity index (χ3v) is 3.49. The molecule has 1 aromatic carbocycles. The molecule has 17 heavy (non-hydrogen) atoms. The maximum atomic E-state index is 6.09. The largest absolute Gasteiger partial charge is 0.395 e. The topological polar surface area (TPSA) is 60.2 Å². The number of aromatic nitrogens is 1. The smallest absolute Gasteiger partial charge is 0.106 e. The summed E-state index contributed by atoms with van der Waals surface area (Å²) in [5, 5.41) is 3.39. The van der Waals surface area contributed by atoms with Crippen LogP contribution in [0.25, 0.3) is 10.2 Å². The zero-order chi connectivity index (χ0) is 12.3. The standard InChI is InChI=1S/C12H17N3OS/c1-8(5-6-16-2)15-9-3-4-10-12(11(9)13)14-7-17-10/h3-4,7-8,15H,5-6,13H2,1-2H3. The Kier molecular flexibility index (Phi) is 3.81. The van der Waals surface area contributed by atoms with Crippen LogP contribution in [0.4, 0.5) is 11.4 Å². The quantitative estimate of drug-likeness (QED) is 0.802. The molecule has 0 saturated heterocycles. The van der Waals surface area contributed by atoms with Gasteiger partial charge in [0.2, 0.25) is 0 Å². The van der Waals surface area contributed by atoms with Crippen LogP contribution in [0.15, 0.2) is 17.6 Å². The van der Waals surface area contributed by atoms with E-state index in [1.807, 2.05) is 11.6 Å². The first kappa shape index (κ1) is 12.1. The summed E-state index contributed by atoms with van der Waals surface area (Å²) >= 11 is 1.60. The van der Waals surface area contributed by atoms with Crippen LogP contribution in [0.2, 0.25) is 0 Å². The predicted molar refractivity (Wildman–Crippen MR) is 73.6 cm³/mol. The first-order chi connectivity index (χ1) is 8.22. The third kappa shape index (κ3) is 2.68. The minimum Gasteiger partial charge on any atom is -0.395 e. The number of nitrogens with zero attached hydrogens (tertiary/aromatic N) is 1. The highest BCUT2D eigenvalue weighted by atomic mass is 32.1. The van der Waals surface area contributed by atoms with Crippen LogP contribution >= 0.6 is 11.3 Å². The number of methoxy groups -OCH3 is 1. The van der Waals surface area contributed by atoms with Crippen molar-refractivity contribution in [2.24, 2.45) is 0 Å². The van der Waals surface area contributed by atoms with E-state index < -0.39 is 0 Å². The molecule has 1 atom stereocenters. The third-order valence-electron chi connectivity index (χ3n) is 2.70. The first-order valence-electron chi connectivity index (χ1n) is 5.59. The lowest BCUT2D eigenvalue weighted by molar-refractivity contribution is 0.191. The molecule has 0 aliphatic carbocycles. The van der Waals surface area contributed by atoms with Gasteiger partial charge in [-0.2, -0.15) is 0 Å². The Morgan fingerprint density at radius 3 is 3.12 bits per heavy atom. The summed E-state index contributed by atoms with van der Waals surface area (Å²) < 4.78 is 6.18. The summed E-state index contributed by atoms with van der Waals surface area (Å²) in [5.74, 6) is 0. The van der Waals surface area contributed by atoms with Gasteiger partial charge in [0.25, 0.3) is 0 Å². The Balaban J connectivity index is 2.15. The summed E-state index contributed by atoms with van der Waals surface area (Å²) in [6, 6.07) is 4.39. The van der Waals surface area contributed by atoms with Crippen molar-refractivity contribution in [3.63, 3.8) is 0 Å². The number of ether oxygens (including phenoxy) is 1. The summed E-state index contributed by atoms with van der Waals surface area (Å²) in [5.41, 5.74) is 10.5. The molecule has 0 bridgehead atoms. The molecule has 0 amide bonds. The molecule has 0 spiro atoms. The summed E-state index contributed by atoms with van der Waals surface area (Å²) in [7, 11) is 1.71. The SMILES string of the molecule is COCCC(C)Nc1ccc2scnc2c1N. The molecule has 2 rings (SSSR count). The molecular weight excluding hydrogens is 234 g/mol. The van der Waals surface area contributed by atoms with Crippen molar-refractivity contribution in [3.05, 3.63) is 17.6 Å². The monoisotopic (exact) mass is 251 g/mol. The van der Waals surface area contributed by atoms with Gasteiger partial charge in [0, 0.05) is 19.8 Å². The van der Waals surface area contributed by atoms with E-state index in [1.54, 1.807) is 18.4 Å². The lowest BCUT2D eigenvalue weighted by Gasteiger charge is -2.16. The molecule has 0 fully saturated rings. The maximum Gasteiger partial charge on any atom is 0.106 e. The van der Waals surface area contributed by atoms with Gasteiger partial charge in [-0.25, -0.2) is 4.98 Å². The number of anilines is 2. The van der Waals surface area contributed by atoms with Gasteiger partial charge in [0.05, 0.1) is 21.6 Å². The van der Waals surface area contributed by atoms with Crippen LogP contribution in [0.3, 0.4) is 0 Å². The lowest BCUT2D eigenvalue weighted by atomic mass is 10.2. The number of hydrogen-bond acceptors (Lipinski definition) is 5. The normalized spacial score (nSPS) is 12.8. The summed E-state index contributed by atoms with van der Waals surface area (Å²) in [4.78, 5) is 4.28. The number of nitrogens with two attached hydrogens (primary N) is 1. The second kappa shape index (κ2) is 5.33. The molecule has 0 aliphatic heterocycles. The van der Waals surface area contributed by atoms with E-state index in [1.165, 1.54) is 0 Å². The highest BCUT2D eigenvalue weighted by Crippen LogP contribution is 2.30. The molecule has 2 aromatic rings. The van der Waals surface area contributed by atoms with E-state index in [9.17, 15) is 0 Å². The molecule has 1 heterocycles. The average Bonchev–Trinajstić information content (AvgIpc) is 2.79. The molecule has 0 aliphatic rings. The van der Waals surface area contributed by atoms with Gasteiger partial charge < -0.3 is 15.8 Å². The van der Waals surface area contributed by atoms with Crippen molar-refractivity contribution in [1.82, 2.24) is 4.98 Å². The first-order valence-corrected chi connectivity index (χ1v) is 6.47. The summed E-state index contributed by atoms with van der Waals surface area (Å²) in [6.07, 6.45) is 0.949. The van der Waals surface area contributed by atoms with Crippen LogP contribution in [-0.2, 0) is 4.74 Å². The Bertz CT molecular complexity index is 497. The minimum atomic E-state index is 0.327. The lowest BCUT2D eigenvalue weighted by Crippen LogP contribution is -2.18. The molecule has 92 valence electrons. The second-order valence-electron chi connectivity index (χ2n) is 4.05. The molecule has 0 saturated carbocycles. The van der Waals surface area contributed by atoms with Crippen LogP contribution in [0.1, 0.15) is 13.3 Å². The van der Waals surface area contributed by atoms with Crippen molar-refractivity contribution in [2.75, 3.05) is 24.8 Å². The zero-order valence-electron chi connectivity index (χ0n) is 10.1. The van der Waals surface area contributed by atoms with Gasteiger partial charge in [-0.3, -0.25) is 0 Å². The number of rotatable bonds is 5. The van der Waals surface area contributed by atoms with E-state index in [2.05, 4.69) is 23.3 Å². The highest BCUT2D eigenvalue weighted by Gasteiger charge is 2.09. The molecule has 1 aromatic heterocycles. The number of thiazole rings is 1. The predicted octanol–water partition coefficient (Wildman–Crippen LogP) is 2.72. The van der Waals surface area contributed by atoms with Gasteiger partial charge in [0.15, 0.2) is 0 Å². The summed E-state index contributed by atoms with van der Waals surface area (Å²) in [6.45, 7) is 2.86. The van der Waals surface area contributed by atoms with Crippen LogP contribution < -0.4 is 11.1 Å². The van der Waals surface area contributed by atoms with Crippen LogP contribution in [0.5, 0.6) is 0 Å². The van der Waals surface area contributed by atoms with E-state index >= 15 is 0 Å². The molecule has 5 heteroatoms. The van der Waals surface area contributed by atoms with Crippen LogP contribution in [0, 0.1) is 0 Å². The molecule has 3 N–H and O–H groups in total. The fourth-order valence-corrected chi connectivity index (χ4v) is 2.40. The zero-order valence-corrected chi connectivity index (χ0v) is 10.9. The van der Waals surface area contributed by atoms with E-state index in [4.69, 9.17) is 10.5 Å². The Labute approximate surface area is 105 Å². The second-order valence-corrected chi connectivity index (χ2v) is 4.94.